The molecule has 7 N–H and O–H groups in total. The number of hydrogen-bond donors (Lipinski definition) is 5. The van der Waals surface area contributed by atoms with Crippen molar-refractivity contribution in [3.05, 3.63) is 89.5 Å². The van der Waals surface area contributed by atoms with Crippen molar-refractivity contribution < 1.29 is 22.8 Å². The van der Waals surface area contributed by atoms with E-state index in [2.05, 4.69) is 10.8 Å². The molecule has 0 bridgehead atoms. The van der Waals surface area contributed by atoms with E-state index in [0.29, 0.717) is 39.2 Å². The van der Waals surface area contributed by atoms with E-state index in [1.54, 1.807) is 60.7 Å². The fourth-order valence-electron chi connectivity index (χ4n) is 3.88. The second-order valence-corrected chi connectivity index (χ2v) is 9.57. The first-order valence-corrected chi connectivity index (χ1v) is 12.4. The highest BCUT2D eigenvalue weighted by Gasteiger charge is 2.33. The molecule has 0 fully saturated rings. The predicted molar refractivity (Wildman–Crippen MR) is 136 cm³/mol. The summed E-state index contributed by atoms with van der Waals surface area (Å²) >= 11 is 0. The monoisotopic (exact) mass is 507 g/mol. The largest absolute Gasteiger partial charge is 0.384 e. The molecule has 0 saturated carbocycles. The molecule has 0 spiro atoms. The van der Waals surface area contributed by atoms with Crippen LogP contribution in [-0.2, 0) is 24.4 Å². The highest BCUT2D eigenvalue weighted by Crippen LogP contribution is 2.29. The normalized spacial score (nSPS) is 15.4. The smallest absolute Gasteiger partial charge is 0.260 e. The number of nitrogen functional groups attached to an aromatic ring is 1. The molecule has 0 aliphatic carbocycles. The van der Waals surface area contributed by atoms with Crippen LogP contribution in [-0.4, -0.2) is 40.0 Å². The van der Waals surface area contributed by atoms with Gasteiger partial charge in [0.25, 0.3) is 5.91 Å². The minimum atomic E-state index is -3.90. The number of hydrogen-bond acceptors (Lipinski definition) is 7. The van der Waals surface area contributed by atoms with Crippen molar-refractivity contribution in [2.45, 2.75) is 11.0 Å². The number of amidine groups is 1. The average Bonchev–Trinajstić information content (AvgIpc) is 3.28. The van der Waals surface area contributed by atoms with Gasteiger partial charge in [0.05, 0.1) is 17.2 Å². The zero-order chi connectivity index (χ0) is 25.9. The summed E-state index contributed by atoms with van der Waals surface area (Å²) < 4.78 is 29.1. The molecule has 1 aliphatic heterocycles. The van der Waals surface area contributed by atoms with Crippen molar-refractivity contribution in [1.29, 1.82) is 5.41 Å². The number of nitrogens with two attached hydrogens (primary N) is 2. The summed E-state index contributed by atoms with van der Waals surface area (Å²) in [7, 11) is -2.38. The first-order valence-electron chi connectivity index (χ1n) is 10.8. The van der Waals surface area contributed by atoms with E-state index in [0.717, 1.165) is 0 Å². The molecule has 11 heteroatoms. The first-order chi connectivity index (χ1) is 17.2. The molecule has 1 aliphatic rings. The lowest BCUT2D eigenvalue weighted by atomic mass is 10.0. The predicted octanol–water partition coefficient (Wildman–Crippen LogP) is 2.18. The Hall–Kier alpha value is -4.03. The van der Waals surface area contributed by atoms with Gasteiger partial charge >= 0.3 is 0 Å². The van der Waals surface area contributed by atoms with Crippen molar-refractivity contribution in [2.75, 3.05) is 19.0 Å². The lowest BCUT2D eigenvalue weighted by Gasteiger charge is -2.14. The van der Waals surface area contributed by atoms with Crippen molar-refractivity contribution in [1.82, 2.24) is 5.48 Å². The van der Waals surface area contributed by atoms with Crippen LogP contribution in [0.15, 0.2) is 83.3 Å². The summed E-state index contributed by atoms with van der Waals surface area (Å²) in [5.41, 5.74) is 12.4. The number of ether oxygens (including phenoxy) is 1. The van der Waals surface area contributed by atoms with Gasteiger partial charge in [0.2, 0.25) is 10.0 Å². The SMILES string of the molecule is COCC1=C(c2cccc(C(=N)N)c2)NOC1C(=O)Nc1ccc(-c2ccccc2S(N)(=O)=O)cc1. The Morgan fingerprint density at radius 3 is 2.47 bits per heavy atom. The molecule has 10 nitrogen and oxygen atoms in total. The molecule has 4 rings (SSSR count). The Morgan fingerprint density at radius 2 is 1.81 bits per heavy atom. The lowest BCUT2D eigenvalue weighted by Crippen LogP contribution is -2.31. The van der Waals surface area contributed by atoms with E-state index in [1.165, 1.54) is 13.2 Å². The number of primary sulfonamides is 1. The van der Waals surface area contributed by atoms with Gasteiger partial charge in [-0.15, -0.1) is 0 Å². The molecule has 0 radical (unpaired) electrons. The minimum absolute atomic E-state index is 0.0166. The van der Waals surface area contributed by atoms with E-state index >= 15 is 0 Å². The van der Waals surface area contributed by atoms with E-state index < -0.39 is 22.0 Å². The van der Waals surface area contributed by atoms with Gasteiger partial charge in [-0.25, -0.2) is 13.6 Å². The average molecular weight is 508 g/mol. The maximum absolute atomic E-state index is 13.1. The summed E-state index contributed by atoms with van der Waals surface area (Å²) in [5, 5.41) is 15.8. The standard InChI is InChI=1S/C25H25N5O5S/c1-34-14-20-22(16-5-4-6-17(13-16)24(26)27)30-35-23(20)25(31)29-18-11-9-15(10-12-18)19-7-2-3-8-21(19)36(28,32)33/h2-13,23,30H,14H2,1H3,(H3,26,27)(H,29,31)(H2,28,32,33). The van der Waals surface area contributed by atoms with Crippen molar-refractivity contribution >= 4 is 33.2 Å². The highest BCUT2D eigenvalue weighted by atomic mass is 32.2. The van der Waals surface area contributed by atoms with Crippen LogP contribution in [0.2, 0.25) is 0 Å². The Kier molecular flexibility index (Phi) is 7.17. The van der Waals surface area contributed by atoms with E-state index in [9.17, 15) is 13.2 Å². The van der Waals surface area contributed by atoms with Crippen molar-refractivity contribution in [3.8, 4) is 11.1 Å². The fourth-order valence-corrected chi connectivity index (χ4v) is 4.64. The summed E-state index contributed by atoms with van der Waals surface area (Å²) in [5.74, 6) is -0.501. The summed E-state index contributed by atoms with van der Waals surface area (Å²) in [6, 6.07) is 20.1. The quantitative estimate of drug-likeness (QED) is 0.230. The van der Waals surface area contributed by atoms with Crippen molar-refractivity contribution in [2.24, 2.45) is 10.9 Å². The number of carbonyl (C=O) groups is 1. The molecule has 1 atom stereocenters. The molecule has 36 heavy (non-hydrogen) atoms. The van der Waals surface area contributed by atoms with E-state index in [4.69, 9.17) is 25.9 Å². The van der Waals surface area contributed by atoms with Crippen LogP contribution in [0.1, 0.15) is 11.1 Å². The molecule has 1 heterocycles. The Morgan fingerprint density at radius 1 is 1.08 bits per heavy atom. The molecule has 186 valence electrons. The van der Waals surface area contributed by atoms with E-state index in [-0.39, 0.29) is 17.3 Å². The summed E-state index contributed by atoms with van der Waals surface area (Å²) in [6.45, 7) is 0.133. The van der Waals surface area contributed by atoms with Gasteiger partial charge in [0.15, 0.2) is 6.10 Å². The van der Waals surface area contributed by atoms with Gasteiger partial charge < -0.3 is 15.8 Å². The molecule has 3 aromatic rings. The number of hydroxylamine groups is 1. The fraction of sp³-hybridized carbons (Fsp3) is 0.120. The third-order valence-electron chi connectivity index (χ3n) is 5.57. The number of benzene rings is 3. The molecule has 0 saturated heterocycles. The van der Waals surface area contributed by atoms with Crippen LogP contribution in [0.4, 0.5) is 5.69 Å². The molecular weight excluding hydrogens is 482 g/mol. The maximum Gasteiger partial charge on any atom is 0.260 e. The van der Waals surface area contributed by atoms with Gasteiger partial charge in [0.1, 0.15) is 5.84 Å². The number of rotatable bonds is 8. The second-order valence-electron chi connectivity index (χ2n) is 8.04. The van der Waals surface area contributed by atoms with Crippen LogP contribution in [0.25, 0.3) is 16.8 Å². The number of amides is 1. The molecular formula is C25H25N5O5S. The zero-order valence-corrected chi connectivity index (χ0v) is 20.1. The molecule has 0 aromatic heterocycles. The Bertz CT molecular complexity index is 1450. The molecule has 1 unspecified atom stereocenters. The number of carbonyl (C=O) groups excluding carboxylic acids is 1. The lowest BCUT2D eigenvalue weighted by molar-refractivity contribution is -0.126. The zero-order valence-electron chi connectivity index (χ0n) is 19.3. The third-order valence-corrected chi connectivity index (χ3v) is 6.54. The van der Waals surface area contributed by atoms with Gasteiger partial charge in [-0.2, -0.15) is 0 Å². The number of anilines is 1. The van der Waals surface area contributed by atoms with Gasteiger partial charge in [-0.3, -0.25) is 20.5 Å². The van der Waals surface area contributed by atoms with Crippen LogP contribution >= 0.6 is 0 Å². The van der Waals surface area contributed by atoms with Crippen LogP contribution in [0, 0.1) is 5.41 Å². The third kappa shape index (κ3) is 5.29. The topological polar surface area (TPSA) is 170 Å². The van der Waals surface area contributed by atoms with Crippen LogP contribution in [0.3, 0.4) is 0 Å². The van der Waals surface area contributed by atoms with Crippen LogP contribution < -0.4 is 21.7 Å². The second kappa shape index (κ2) is 10.3. The minimum Gasteiger partial charge on any atom is -0.384 e. The van der Waals surface area contributed by atoms with Gasteiger partial charge in [-0.05, 0) is 29.8 Å². The van der Waals surface area contributed by atoms with E-state index in [1.807, 2.05) is 6.07 Å². The molecule has 3 aromatic carbocycles. The van der Waals surface area contributed by atoms with Gasteiger partial charge in [0, 0.05) is 35.1 Å². The summed E-state index contributed by atoms with van der Waals surface area (Å²) in [6.07, 6.45) is -0.969. The van der Waals surface area contributed by atoms with Crippen LogP contribution in [0.5, 0.6) is 0 Å². The summed E-state index contributed by atoms with van der Waals surface area (Å²) in [4.78, 5) is 18.7. The number of methoxy groups -OCH3 is 1. The Balaban J connectivity index is 1.56. The highest BCUT2D eigenvalue weighted by molar-refractivity contribution is 7.89. The van der Waals surface area contributed by atoms with Gasteiger partial charge in [-0.1, -0.05) is 48.5 Å². The molecule has 1 amide bonds. The number of sulfonamides is 1. The Labute approximate surface area is 208 Å². The van der Waals surface area contributed by atoms with Crippen molar-refractivity contribution in [3.63, 3.8) is 0 Å². The maximum atomic E-state index is 13.1. The first kappa shape index (κ1) is 25.1. The number of nitrogens with one attached hydrogen (secondary N) is 3.